The van der Waals surface area contributed by atoms with Crippen LogP contribution in [0.15, 0.2) is 0 Å². The van der Waals surface area contributed by atoms with E-state index in [9.17, 15) is 0 Å². The van der Waals surface area contributed by atoms with E-state index >= 15 is 0 Å². The van der Waals surface area contributed by atoms with Crippen LogP contribution in [0.2, 0.25) is 0 Å². The Bertz CT molecular complexity index is 436. The van der Waals surface area contributed by atoms with Gasteiger partial charge in [-0.1, -0.05) is 151 Å². The molecule has 0 nitrogen and oxygen atoms in total. The number of rotatable bonds is 20. The van der Waals surface area contributed by atoms with Crippen molar-refractivity contribution in [1.29, 1.82) is 0 Å². The Morgan fingerprint density at radius 1 is 0.469 bits per heavy atom. The number of hydrogen-bond donors (Lipinski definition) is 0. The molecule has 32 heavy (non-hydrogen) atoms. The topological polar surface area (TPSA) is 0 Å². The summed E-state index contributed by atoms with van der Waals surface area (Å²) >= 11 is 0. The Morgan fingerprint density at radius 3 is 1.09 bits per heavy atom. The lowest BCUT2D eigenvalue weighted by atomic mass is 9.50. The summed E-state index contributed by atoms with van der Waals surface area (Å²) in [6.07, 6.45) is 32.9. The first-order valence-corrected chi connectivity index (χ1v) is 14.6. The van der Waals surface area contributed by atoms with E-state index in [1.165, 1.54) is 122 Å². The number of unbranched alkanes of at least 4 members (excludes halogenated alkanes) is 16. The van der Waals surface area contributed by atoms with Crippen molar-refractivity contribution < 1.29 is 0 Å². The smallest absolute Gasteiger partial charge is 0.00860 e. The van der Waals surface area contributed by atoms with Crippen LogP contribution < -0.4 is 0 Å². The van der Waals surface area contributed by atoms with E-state index in [-0.39, 0.29) is 0 Å². The standard InChI is InChI=1S/C32H62/c1-9-11-13-15-17-19-21-23-25-27-29-32(30(3,4)5,31(6,7)8)28-26-24-22-20-18-16-14-12-10-2/h2H,9,11-29H2,1,3-8H3. The second kappa shape index (κ2) is 18.0. The third kappa shape index (κ3) is 13.3. The molecule has 0 aliphatic rings. The molecule has 0 unspecified atom stereocenters. The molecule has 0 saturated heterocycles. The van der Waals surface area contributed by atoms with Crippen molar-refractivity contribution >= 4 is 0 Å². The summed E-state index contributed by atoms with van der Waals surface area (Å²) in [4.78, 5) is 0. The first kappa shape index (κ1) is 31.6. The minimum absolute atomic E-state index is 0.361. The molecule has 0 rings (SSSR count). The highest BCUT2D eigenvalue weighted by atomic mass is 14.5. The minimum atomic E-state index is 0.361. The fourth-order valence-corrected chi connectivity index (χ4v) is 6.20. The van der Waals surface area contributed by atoms with Gasteiger partial charge in [-0.2, -0.15) is 0 Å². The molecule has 0 spiro atoms. The summed E-state index contributed by atoms with van der Waals surface area (Å²) in [6.45, 7) is 17.4. The summed E-state index contributed by atoms with van der Waals surface area (Å²) in [5, 5.41) is 0. The molecule has 0 aliphatic heterocycles. The highest BCUT2D eigenvalue weighted by Gasteiger charge is 2.48. The van der Waals surface area contributed by atoms with Gasteiger partial charge in [-0.05, 0) is 35.5 Å². The molecule has 0 aromatic heterocycles. The van der Waals surface area contributed by atoms with Gasteiger partial charge < -0.3 is 0 Å². The average molecular weight is 447 g/mol. The van der Waals surface area contributed by atoms with Gasteiger partial charge in [0.15, 0.2) is 0 Å². The zero-order chi connectivity index (χ0) is 24.3. The molecule has 0 fully saturated rings. The van der Waals surface area contributed by atoms with Crippen molar-refractivity contribution in [2.24, 2.45) is 16.2 Å². The SMILES string of the molecule is C#CCCCCCCCCCC(CCCCCCCCCCCC)(C(C)(C)C)C(C)(C)C. The highest BCUT2D eigenvalue weighted by Crippen LogP contribution is 2.57. The van der Waals surface area contributed by atoms with Crippen LogP contribution in [0.1, 0.15) is 177 Å². The lowest BCUT2D eigenvalue weighted by Gasteiger charge is -2.55. The van der Waals surface area contributed by atoms with Gasteiger partial charge in [0.1, 0.15) is 0 Å². The molecule has 0 heterocycles. The van der Waals surface area contributed by atoms with Crippen molar-refractivity contribution in [2.45, 2.75) is 177 Å². The normalized spacial score (nSPS) is 12.8. The van der Waals surface area contributed by atoms with Crippen molar-refractivity contribution in [1.82, 2.24) is 0 Å². The third-order valence-electron chi connectivity index (χ3n) is 8.25. The van der Waals surface area contributed by atoms with Crippen molar-refractivity contribution in [3.05, 3.63) is 0 Å². The average Bonchev–Trinajstić information content (AvgIpc) is 2.70. The first-order valence-electron chi connectivity index (χ1n) is 14.6. The van der Waals surface area contributed by atoms with Gasteiger partial charge in [0.05, 0.1) is 0 Å². The van der Waals surface area contributed by atoms with E-state index in [0.717, 1.165) is 6.42 Å². The van der Waals surface area contributed by atoms with Crippen molar-refractivity contribution in [3.8, 4) is 12.3 Å². The lowest BCUT2D eigenvalue weighted by Crippen LogP contribution is -2.46. The maximum absolute atomic E-state index is 5.35. The van der Waals surface area contributed by atoms with E-state index in [0.29, 0.717) is 16.2 Å². The second-order valence-electron chi connectivity index (χ2n) is 12.7. The predicted molar refractivity (Wildman–Crippen MR) is 148 cm³/mol. The van der Waals surface area contributed by atoms with Crippen LogP contribution in [0.4, 0.5) is 0 Å². The molecule has 0 radical (unpaired) electrons. The van der Waals surface area contributed by atoms with Crippen molar-refractivity contribution in [2.75, 3.05) is 0 Å². The Labute approximate surface area is 205 Å². The van der Waals surface area contributed by atoms with Gasteiger partial charge in [0.25, 0.3) is 0 Å². The summed E-state index contributed by atoms with van der Waals surface area (Å²) in [7, 11) is 0. The molecule has 0 aromatic carbocycles. The Kier molecular flexibility index (Phi) is 17.7. The maximum atomic E-state index is 5.35. The van der Waals surface area contributed by atoms with Crippen LogP contribution in [0.3, 0.4) is 0 Å². The minimum Gasteiger partial charge on any atom is -0.120 e. The Balaban J connectivity index is 4.41. The van der Waals surface area contributed by atoms with Gasteiger partial charge in [-0.3, -0.25) is 0 Å². The zero-order valence-corrected chi connectivity index (χ0v) is 23.7. The van der Waals surface area contributed by atoms with Crippen LogP contribution in [0.5, 0.6) is 0 Å². The molecule has 0 heteroatoms. The van der Waals surface area contributed by atoms with Crippen molar-refractivity contribution in [3.63, 3.8) is 0 Å². The van der Waals surface area contributed by atoms with Gasteiger partial charge in [0, 0.05) is 6.42 Å². The van der Waals surface area contributed by atoms with Crippen LogP contribution in [-0.2, 0) is 0 Å². The molecular formula is C32H62. The molecular weight excluding hydrogens is 384 g/mol. The molecule has 0 saturated carbocycles. The molecule has 0 aliphatic carbocycles. The first-order chi connectivity index (χ1) is 15.1. The molecule has 0 amide bonds. The summed E-state index contributed by atoms with van der Waals surface area (Å²) < 4.78 is 0. The second-order valence-corrected chi connectivity index (χ2v) is 12.7. The van der Waals surface area contributed by atoms with E-state index in [1.54, 1.807) is 0 Å². The Hall–Kier alpha value is -0.440. The lowest BCUT2D eigenvalue weighted by molar-refractivity contribution is -0.0521. The molecule has 0 bridgehead atoms. The summed E-state index contributed by atoms with van der Waals surface area (Å²) in [5.41, 5.74) is 1.16. The fourth-order valence-electron chi connectivity index (χ4n) is 6.20. The summed E-state index contributed by atoms with van der Waals surface area (Å²) in [6, 6.07) is 0. The van der Waals surface area contributed by atoms with E-state index in [2.05, 4.69) is 54.4 Å². The molecule has 0 N–H and O–H groups in total. The molecule has 0 aromatic rings. The summed E-state index contributed by atoms with van der Waals surface area (Å²) in [5.74, 6) is 2.76. The van der Waals surface area contributed by atoms with Gasteiger partial charge in [0.2, 0.25) is 0 Å². The van der Waals surface area contributed by atoms with E-state index in [1.807, 2.05) is 0 Å². The van der Waals surface area contributed by atoms with Gasteiger partial charge >= 0.3 is 0 Å². The van der Waals surface area contributed by atoms with Gasteiger partial charge in [-0.25, -0.2) is 0 Å². The quantitative estimate of drug-likeness (QED) is 0.129. The molecule has 0 atom stereocenters. The van der Waals surface area contributed by atoms with Crippen LogP contribution >= 0.6 is 0 Å². The van der Waals surface area contributed by atoms with E-state index < -0.39 is 0 Å². The van der Waals surface area contributed by atoms with Gasteiger partial charge in [-0.15, -0.1) is 12.3 Å². The largest absolute Gasteiger partial charge is 0.120 e. The third-order valence-corrected chi connectivity index (χ3v) is 8.25. The fraction of sp³-hybridized carbons (Fsp3) is 0.938. The maximum Gasteiger partial charge on any atom is 0.00860 e. The molecule has 190 valence electrons. The number of terminal acetylenes is 1. The highest BCUT2D eigenvalue weighted by molar-refractivity contribution is 4.98. The zero-order valence-electron chi connectivity index (χ0n) is 23.7. The van der Waals surface area contributed by atoms with Crippen LogP contribution in [-0.4, -0.2) is 0 Å². The Morgan fingerprint density at radius 2 is 0.781 bits per heavy atom. The monoisotopic (exact) mass is 446 g/mol. The predicted octanol–water partition coefficient (Wildman–Crippen LogP) is 11.5. The van der Waals surface area contributed by atoms with Crippen LogP contribution in [0.25, 0.3) is 0 Å². The number of hydrogen-bond acceptors (Lipinski definition) is 0. The van der Waals surface area contributed by atoms with E-state index in [4.69, 9.17) is 6.42 Å². The van der Waals surface area contributed by atoms with Crippen LogP contribution in [0, 0.1) is 28.6 Å².